The number of nitrogens with zero attached hydrogens (tertiary/aromatic N) is 2. The zero-order chi connectivity index (χ0) is 20.4. The third-order valence-electron chi connectivity index (χ3n) is 4.52. The average molecular weight is 401 g/mol. The van der Waals surface area contributed by atoms with Crippen LogP contribution in [0.4, 0.5) is 14.9 Å². The fraction of sp³-hybridized carbons (Fsp3) is 0.250. The minimum atomic E-state index is -0.528. The van der Waals surface area contributed by atoms with Crippen LogP contribution in [0.2, 0.25) is 0 Å². The molecule has 1 fully saturated rings. The Hall–Kier alpha value is -2.87. The Morgan fingerprint density at radius 2 is 1.89 bits per heavy atom. The number of carbonyl (C=O) groups is 3. The van der Waals surface area contributed by atoms with E-state index < -0.39 is 29.4 Å². The number of benzene rings is 1. The number of amides is 3. The van der Waals surface area contributed by atoms with Crippen molar-refractivity contribution in [1.29, 1.82) is 0 Å². The largest absolute Gasteiger partial charge is 0.349 e. The predicted molar refractivity (Wildman–Crippen MR) is 107 cm³/mol. The van der Waals surface area contributed by atoms with Crippen LogP contribution in [0.15, 0.2) is 35.2 Å². The Balaban J connectivity index is 1.73. The van der Waals surface area contributed by atoms with Crippen LogP contribution in [0.25, 0.3) is 6.08 Å². The van der Waals surface area contributed by atoms with Gasteiger partial charge >= 0.3 is 0 Å². The Labute approximate surface area is 166 Å². The number of carbonyl (C=O) groups excluding carboxylic acids is 3. The first-order valence-corrected chi connectivity index (χ1v) is 9.59. The lowest BCUT2D eigenvalue weighted by Gasteiger charge is -2.12. The highest BCUT2D eigenvalue weighted by Crippen LogP contribution is 2.33. The molecule has 0 aliphatic carbocycles. The van der Waals surface area contributed by atoms with Gasteiger partial charge in [0.15, 0.2) is 0 Å². The Morgan fingerprint density at radius 3 is 2.50 bits per heavy atom. The highest BCUT2D eigenvalue weighted by atomic mass is 32.2. The molecule has 1 saturated heterocycles. The first-order valence-electron chi connectivity index (χ1n) is 8.77. The lowest BCUT2D eigenvalue weighted by Crippen LogP contribution is -2.36. The number of hydrogen-bond acceptors (Lipinski definition) is 4. The van der Waals surface area contributed by atoms with E-state index in [9.17, 15) is 18.8 Å². The van der Waals surface area contributed by atoms with Crippen LogP contribution in [0, 0.1) is 19.7 Å². The lowest BCUT2D eigenvalue weighted by atomic mass is 10.2. The van der Waals surface area contributed by atoms with Crippen molar-refractivity contribution in [2.24, 2.45) is 0 Å². The second-order valence-electron chi connectivity index (χ2n) is 6.39. The van der Waals surface area contributed by atoms with Crippen LogP contribution in [0.5, 0.6) is 0 Å². The monoisotopic (exact) mass is 401 g/mol. The molecule has 1 aliphatic rings. The maximum atomic E-state index is 12.9. The quantitative estimate of drug-likeness (QED) is 0.771. The van der Waals surface area contributed by atoms with Gasteiger partial charge < -0.3 is 9.88 Å². The zero-order valence-electron chi connectivity index (χ0n) is 15.8. The zero-order valence-corrected chi connectivity index (χ0v) is 16.6. The normalized spacial score (nSPS) is 15.6. The Bertz CT molecular complexity index is 979. The van der Waals surface area contributed by atoms with Crippen molar-refractivity contribution in [3.63, 3.8) is 0 Å². The third-order valence-corrected chi connectivity index (χ3v) is 5.43. The van der Waals surface area contributed by atoms with Gasteiger partial charge in [-0.05, 0) is 74.5 Å². The molecule has 8 heteroatoms. The number of hydrogen-bond donors (Lipinski definition) is 1. The van der Waals surface area contributed by atoms with Gasteiger partial charge in [0.25, 0.3) is 11.1 Å². The SMILES string of the molecule is CCn1c(C)cc(/C=C2\SC(=O)N(CC(=O)Nc3ccc(F)cc3)C2=O)c1C. The fourth-order valence-electron chi connectivity index (χ4n) is 3.12. The lowest BCUT2D eigenvalue weighted by molar-refractivity contribution is -0.127. The number of thioether (sulfide) groups is 1. The molecule has 2 heterocycles. The van der Waals surface area contributed by atoms with Crippen molar-refractivity contribution in [2.45, 2.75) is 27.3 Å². The minimum Gasteiger partial charge on any atom is -0.349 e. The third kappa shape index (κ3) is 4.01. The van der Waals surface area contributed by atoms with E-state index in [1.165, 1.54) is 24.3 Å². The van der Waals surface area contributed by atoms with Crippen LogP contribution >= 0.6 is 11.8 Å². The number of imide groups is 1. The molecular weight excluding hydrogens is 381 g/mol. The number of anilines is 1. The van der Waals surface area contributed by atoms with Gasteiger partial charge in [0.05, 0.1) is 4.91 Å². The molecule has 0 saturated carbocycles. The molecule has 0 bridgehead atoms. The van der Waals surface area contributed by atoms with E-state index in [1.54, 1.807) is 6.08 Å². The molecule has 1 aliphatic heterocycles. The van der Waals surface area contributed by atoms with Crippen molar-refractivity contribution in [3.8, 4) is 0 Å². The van der Waals surface area contributed by atoms with Crippen molar-refractivity contribution in [2.75, 3.05) is 11.9 Å². The molecule has 3 rings (SSSR count). The first kappa shape index (κ1) is 19.9. The van der Waals surface area contributed by atoms with Gasteiger partial charge in [0.2, 0.25) is 5.91 Å². The van der Waals surface area contributed by atoms with Crippen LogP contribution in [-0.4, -0.2) is 33.1 Å². The summed E-state index contributed by atoms with van der Waals surface area (Å²) in [5.74, 6) is -1.44. The predicted octanol–water partition coefficient (Wildman–Crippen LogP) is 3.94. The minimum absolute atomic E-state index is 0.288. The summed E-state index contributed by atoms with van der Waals surface area (Å²) in [5, 5.41) is 2.05. The summed E-state index contributed by atoms with van der Waals surface area (Å²) < 4.78 is 15.1. The molecule has 1 aromatic heterocycles. The van der Waals surface area contributed by atoms with Gasteiger partial charge in [-0.3, -0.25) is 19.3 Å². The van der Waals surface area contributed by atoms with E-state index >= 15 is 0 Å². The molecule has 0 atom stereocenters. The molecule has 2 aromatic rings. The van der Waals surface area contributed by atoms with Crippen molar-refractivity contribution < 1.29 is 18.8 Å². The van der Waals surface area contributed by atoms with Gasteiger partial charge in [-0.2, -0.15) is 0 Å². The maximum Gasteiger partial charge on any atom is 0.294 e. The summed E-state index contributed by atoms with van der Waals surface area (Å²) in [7, 11) is 0. The number of nitrogens with one attached hydrogen (secondary N) is 1. The Kier molecular flexibility index (Phi) is 5.69. The number of aryl methyl sites for hydroxylation is 1. The summed E-state index contributed by atoms with van der Waals surface area (Å²) in [6.45, 7) is 6.41. The van der Waals surface area contributed by atoms with Gasteiger partial charge in [0.1, 0.15) is 12.4 Å². The van der Waals surface area contributed by atoms with Crippen molar-refractivity contribution >= 4 is 40.6 Å². The fourth-order valence-corrected chi connectivity index (χ4v) is 3.94. The van der Waals surface area contributed by atoms with Crippen molar-refractivity contribution in [3.05, 3.63) is 58.0 Å². The number of rotatable bonds is 5. The molecule has 3 amide bonds. The van der Waals surface area contributed by atoms with Gasteiger partial charge in [-0.1, -0.05) is 0 Å². The number of aromatic nitrogens is 1. The summed E-state index contributed by atoms with van der Waals surface area (Å²) in [4.78, 5) is 38.2. The number of halogens is 1. The Morgan fingerprint density at radius 1 is 1.21 bits per heavy atom. The van der Waals surface area contributed by atoms with Crippen LogP contribution < -0.4 is 5.32 Å². The summed E-state index contributed by atoms with van der Waals surface area (Å²) in [6, 6.07) is 7.21. The van der Waals surface area contributed by atoms with Crippen LogP contribution in [0.3, 0.4) is 0 Å². The molecule has 1 aromatic carbocycles. The van der Waals surface area contributed by atoms with E-state index in [2.05, 4.69) is 9.88 Å². The molecule has 0 spiro atoms. The van der Waals surface area contributed by atoms with Gasteiger partial charge in [0, 0.05) is 23.6 Å². The molecule has 6 nitrogen and oxygen atoms in total. The molecule has 0 radical (unpaired) electrons. The molecule has 0 unspecified atom stereocenters. The first-order chi connectivity index (χ1) is 13.3. The smallest absolute Gasteiger partial charge is 0.294 e. The van der Waals surface area contributed by atoms with E-state index in [4.69, 9.17) is 0 Å². The molecule has 146 valence electrons. The average Bonchev–Trinajstić information content (AvgIpc) is 3.06. The second kappa shape index (κ2) is 8.02. The van der Waals surface area contributed by atoms with Gasteiger partial charge in [-0.25, -0.2) is 4.39 Å². The molecule has 28 heavy (non-hydrogen) atoms. The van der Waals surface area contributed by atoms with E-state index in [-0.39, 0.29) is 4.91 Å². The molecule has 1 N–H and O–H groups in total. The van der Waals surface area contributed by atoms with E-state index in [0.29, 0.717) is 5.69 Å². The van der Waals surface area contributed by atoms with Crippen LogP contribution in [0.1, 0.15) is 23.9 Å². The summed E-state index contributed by atoms with van der Waals surface area (Å²) in [6.07, 6.45) is 1.69. The van der Waals surface area contributed by atoms with Gasteiger partial charge in [-0.15, -0.1) is 0 Å². The second-order valence-corrected chi connectivity index (χ2v) is 7.39. The maximum absolute atomic E-state index is 12.9. The standard InChI is InChI=1S/C20H20FN3O3S/c1-4-23-12(2)9-14(13(23)3)10-17-19(26)24(20(27)28-17)11-18(25)22-16-7-5-15(21)6-8-16/h5-10H,4,11H2,1-3H3,(H,22,25)/b17-10-. The highest BCUT2D eigenvalue weighted by Gasteiger charge is 2.36. The molecular formula is C20H20FN3O3S. The summed E-state index contributed by atoms with van der Waals surface area (Å²) >= 11 is 0.818. The van der Waals surface area contributed by atoms with Crippen LogP contribution in [-0.2, 0) is 16.1 Å². The van der Waals surface area contributed by atoms with E-state index in [0.717, 1.165) is 40.2 Å². The van der Waals surface area contributed by atoms with Crippen molar-refractivity contribution in [1.82, 2.24) is 9.47 Å². The van der Waals surface area contributed by atoms with E-state index in [1.807, 2.05) is 26.8 Å². The highest BCUT2D eigenvalue weighted by molar-refractivity contribution is 8.18. The summed E-state index contributed by atoms with van der Waals surface area (Å²) in [5.41, 5.74) is 3.35. The topological polar surface area (TPSA) is 71.4 Å².